The molecule has 2 fully saturated rings. The van der Waals surface area contributed by atoms with Gasteiger partial charge in [-0.1, -0.05) is 0 Å². The minimum atomic E-state index is -4.49. The van der Waals surface area contributed by atoms with Gasteiger partial charge in [-0.15, -0.1) is 0 Å². The van der Waals surface area contributed by atoms with Crippen LogP contribution in [0.5, 0.6) is 0 Å². The molecule has 8 nitrogen and oxygen atoms in total. The van der Waals surface area contributed by atoms with Crippen molar-refractivity contribution < 1.29 is 28.1 Å². The summed E-state index contributed by atoms with van der Waals surface area (Å²) >= 11 is 0. The summed E-state index contributed by atoms with van der Waals surface area (Å²) in [6.45, 7) is 4.80. The van der Waals surface area contributed by atoms with E-state index >= 15 is 0 Å². The van der Waals surface area contributed by atoms with Gasteiger partial charge in [0.2, 0.25) is 5.91 Å². The Morgan fingerprint density at radius 3 is 2.69 bits per heavy atom. The van der Waals surface area contributed by atoms with Crippen molar-refractivity contribution in [3.63, 3.8) is 0 Å². The molecule has 2 aliphatic rings. The molecule has 11 heteroatoms. The molecule has 1 aliphatic heterocycles. The van der Waals surface area contributed by atoms with Crippen LogP contribution >= 0.6 is 0 Å². The Kier molecular flexibility index (Phi) is 7.27. The van der Waals surface area contributed by atoms with E-state index in [9.17, 15) is 22.8 Å². The minimum Gasteiger partial charge on any atom is -0.358 e. The number of carbonyl (C=O) groups is 2. The van der Waals surface area contributed by atoms with E-state index in [0.29, 0.717) is 30.6 Å². The molecule has 1 aliphatic carbocycles. The highest BCUT2D eigenvalue weighted by Crippen LogP contribution is 2.34. The number of nitrogens with zero attached hydrogens (tertiary/aromatic N) is 4. The SMILES string of the molecule is CC(C)N(C)C1CCC(N2CCC(Nc3ncnc4ccc(C(F)(F)F)cc34)C2=O)C([NH2+]C=O)C1. The third-order valence-electron chi connectivity index (χ3n) is 7.46. The van der Waals surface area contributed by atoms with Crippen molar-refractivity contribution in [2.75, 3.05) is 18.9 Å². The summed E-state index contributed by atoms with van der Waals surface area (Å²) in [5.41, 5.74) is -0.427. The number of carbonyl (C=O) groups excluding carboxylic acids is 2. The molecule has 4 rings (SSSR count). The fourth-order valence-electron chi connectivity index (χ4n) is 5.33. The Morgan fingerprint density at radius 1 is 1.23 bits per heavy atom. The number of benzene rings is 1. The zero-order valence-electron chi connectivity index (χ0n) is 20.1. The van der Waals surface area contributed by atoms with Crippen LogP contribution in [0, 0.1) is 0 Å². The summed E-state index contributed by atoms with van der Waals surface area (Å²) in [7, 11) is 2.09. The molecule has 2 aromatic rings. The second-order valence-electron chi connectivity index (χ2n) is 9.76. The second-order valence-corrected chi connectivity index (χ2v) is 9.76. The largest absolute Gasteiger partial charge is 0.416 e. The minimum absolute atomic E-state index is 0.0376. The predicted molar refractivity (Wildman–Crippen MR) is 124 cm³/mol. The van der Waals surface area contributed by atoms with Gasteiger partial charge in [0.05, 0.1) is 17.1 Å². The first-order chi connectivity index (χ1) is 16.6. The molecule has 4 atom stereocenters. The van der Waals surface area contributed by atoms with E-state index in [2.05, 4.69) is 41.1 Å². The molecule has 2 amide bonds. The smallest absolute Gasteiger partial charge is 0.358 e. The van der Waals surface area contributed by atoms with E-state index in [-0.39, 0.29) is 29.2 Å². The van der Waals surface area contributed by atoms with Crippen LogP contribution in [0.15, 0.2) is 24.5 Å². The molecule has 190 valence electrons. The van der Waals surface area contributed by atoms with Crippen LogP contribution < -0.4 is 10.6 Å². The van der Waals surface area contributed by atoms with Crippen LogP contribution in [-0.2, 0) is 15.8 Å². The highest BCUT2D eigenvalue weighted by Gasteiger charge is 2.44. The van der Waals surface area contributed by atoms with Crippen LogP contribution in [0.4, 0.5) is 19.0 Å². The summed E-state index contributed by atoms with van der Waals surface area (Å²) in [4.78, 5) is 37.1. The molecule has 1 aromatic carbocycles. The number of rotatable bonds is 7. The molecule has 3 N–H and O–H groups in total. The Bertz CT molecular complexity index is 1080. The highest BCUT2D eigenvalue weighted by atomic mass is 19.4. The third kappa shape index (κ3) is 5.25. The number of halogens is 3. The number of fused-ring (bicyclic) bond motifs is 1. The molecule has 0 spiro atoms. The summed E-state index contributed by atoms with van der Waals surface area (Å²) in [6.07, 6.45) is 0.628. The normalized spacial score (nSPS) is 25.6. The standard InChI is InChI=1S/C24H31F3N6O2/c1-14(2)32(3)16-5-7-21(20(11-16)30-13-34)33-9-8-19(23(33)35)31-22-17-10-15(24(25,26)27)4-6-18(17)28-12-29-22/h4,6,10,12-14,16,19-21H,5,7-9,11H2,1-3H3,(H,30,34)(H,28,29,31)/p+1. The van der Waals surface area contributed by atoms with Gasteiger partial charge in [0.1, 0.15) is 24.2 Å². The first kappa shape index (κ1) is 25.3. The fraction of sp³-hybridized carbons (Fsp3) is 0.583. The maximum atomic E-state index is 13.4. The number of alkyl halides is 3. The Hall–Kier alpha value is -2.79. The van der Waals surface area contributed by atoms with Crippen LogP contribution in [0.1, 0.15) is 45.1 Å². The number of aromatic nitrogens is 2. The summed E-state index contributed by atoms with van der Waals surface area (Å²) in [5, 5.41) is 4.96. The number of quaternary nitrogens is 1. The number of hydrogen-bond donors (Lipinski definition) is 2. The lowest BCUT2D eigenvalue weighted by molar-refractivity contribution is -0.602. The van der Waals surface area contributed by atoms with Gasteiger partial charge in [-0.2, -0.15) is 13.2 Å². The molecule has 0 bridgehead atoms. The monoisotopic (exact) mass is 493 g/mol. The number of likely N-dealkylation sites (tertiary alicyclic amines) is 1. The average Bonchev–Trinajstić information content (AvgIpc) is 3.17. The Labute approximate surface area is 202 Å². The second kappa shape index (κ2) is 10.1. The Morgan fingerprint density at radius 2 is 2.00 bits per heavy atom. The van der Waals surface area contributed by atoms with E-state index in [1.54, 1.807) is 5.32 Å². The van der Waals surface area contributed by atoms with E-state index < -0.39 is 17.8 Å². The summed E-state index contributed by atoms with van der Waals surface area (Å²) in [6, 6.07) is 3.31. The number of anilines is 1. The third-order valence-corrected chi connectivity index (χ3v) is 7.46. The zero-order chi connectivity index (χ0) is 25.3. The summed E-state index contributed by atoms with van der Waals surface area (Å²) < 4.78 is 39.7. The molecule has 2 heterocycles. The average molecular weight is 494 g/mol. The summed E-state index contributed by atoms with van der Waals surface area (Å²) in [5.74, 6) is 0.0910. The maximum Gasteiger partial charge on any atom is 0.416 e. The number of amides is 2. The van der Waals surface area contributed by atoms with E-state index in [4.69, 9.17) is 0 Å². The number of primary amides is 1. The maximum absolute atomic E-state index is 13.4. The molecule has 0 radical (unpaired) electrons. The van der Waals surface area contributed by atoms with E-state index in [0.717, 1.165) is 37.8 Å². The Balaban J connectivity index is 1.51. The number of nitrogens with two attached hydrogens (primary N) is 1. The van der Waals surface area contributed by atoms with Crippen LogP contribution in [-0.4, -0.2) is 75.9 Å². The van der Waals surface area contributed by atoms with Crippen molar-refractivity contribution in [1.29, 1.82) is 0 Å². The first-order valence-electron chi connectivity index (χ1n) is 12.0. The van der Waals surface area contributed by atoms with Crippen molar-refractivity contribution in [3.05, 3.63) is 30.1 Å². The van der Waals surface area contributed by atoms with Gasteiger partial charge in [0.25, 0.3) is 6.41 Å². The van der Waals surface area contributed by atoms with Crippen LogP contribution in [0.2, 0.25) is 0 Å². The van der Waals surface area contributed by atoms with Crippen molar-refractivity contribution in [3.8, 4) is 0 Å². The van der Waals surface area contributed by atoms with Crippen LogP contribution in [0.25, 0.3) is 10.9 Å². The predicted octanol–water partition coefficient (Wildman–Crippen LogP) is 2.01. The van der Waals surface area contributed by atoms with Crippen molar-refractivity contribution in [2.24, 2.45) is 0 Å². The van der Waals surface area contributed by atoms with Crippen molar-refractivity contribution in [1.82, 2.24) is 19.8 Å². The molecular formula is C24H32F3N6O2+. The molecular weight excluding hydrogens is 461 g/mol. The highest BCUT2D eigenvalue weighted by molar-refractivity contribution is 5.93. The van der Waals surface area contributed by atoms with E-state index in [1.165, 1.54) is 12.4 Å². The lowest BCUT2D eigenvalue weighted by Crippen LogP contribution is -2.93. The lowest BCUT2D eigenvalue weighted by atomic mass is 9.84. The zero-order valence-corrected chi connectivity index (χ0v) is 20.1. The van der Waals surface area contributed by atoms with Crippen molar-refractivity contribution >= 4 is 29.0 Å². The van der Waals surface area contributed by atoms with Gasteiger partial charge in [0.15, 0.2) is 0 Å². The molecule has 35 heavy (non-hydrogen) atoms. The quantitative estimate of drug-likeness (QED) is 0.573. The first-order valence-corrected chi connectivity index (χ1v) is 12.0. The molecule has 1 saturated carbocycles. The van der Waals surface area contributed by atoms with Crippen LogP contribution in [0.3, 0.4) is 0 Å². The lowest BCUT2D eigenvalue weighted by Gasteiger charge is -2.42. The van der Waals surface area contributed by atoms with Gasteiger partial charge >= 0.3 is 6.18 Å². The van der Waals surface area contributed by atoms with Gasteiger partial charge < -0.3 is 15.1 Å². The molecule has 4 unspecified atom stereocenters. The topological polar surface area (TPSA) is 95.0 Å². The van der Waals surface area contributed by atoms with Gasteiger partial charge in [0, 0.05) is 30.4 Å². The van der Waals surface area contributed by atoms with Crippen molar-refractivity contribution in [2.45, 2.75) is 75.9 Å². The van der Waals surface area contributed by atoms with Gasteiger partial charge in [-0.05, 0) is 58.4 Å². The number of hydrogen-bond acceptors (Lipinski definition) is 6. The fourth-order valence-corrected chi connectivity index (χ4v) is 5.33. The van der Waals surface area contributed by atoms with Gasteiger partial charge in [-0.3, -0.25) is 10.1 Å². The number of nitrogens with one attached hydrogen (secondary N) is 1. The van der Waals surface area contributed by atoms with E-state index in [1.807, 2.05) is 4.90 Å². The van der Waals surface area contributed by atoms with Gasteiger partial charge in [-0.25, -0.2) is 14.8 Å². The molecule has 1 aromatic heterocycles. The molecule has 1 saturated heterocycles.